The molecule has 0 saturated carbocycles. The van der Waals surface area contributed by atoms with Gasteiger partial charge in [-0.05, 0) is 18.2 Å². The highest BCUT2D eigenvalue weighted by molar-refractivity contribution is 6.01. The molecule has 2 aromatic rings. The predicted molar refractivity (Wildman–Crippen MR) is 56.4 cm³/mol. The summed E-state index contributed by atoms with van der Waals surface area (Å²) in [4.78, 5) is 19.3. The smallest absolute Gasteiger partial charge is 0.293 e. The summed E-state index contributed by atoms with van der Waals surface area (Å²) in [5.74, 6) is -0.136. The van der Waals surface area contributed by atoms with Crippen molar-refractivity contribution < 1.29 is 4.79 Å². The summed E-state index contributed by atoms with van der Waals surface area (Å²) in [6.45, 7) is 0. The van der Waals surface area contributed by atoms with E-state index in [9.17, 15) is 4.79 Å². The Kier molecular flexibility index (Phi) is 2.69. The van der Waals surface area contributed by atoms with E-state index >= 15 is 0 Å². The molecule has 1 aromatic carbocycles. The largest absolute Gasteiger partial charge is 0.319 e. The molecule has 15 heavy (non-hydrogen) atoms. The van der Waals surface area contributed by atoms with E-state index in [0.29, 0.717) is 0 Å². The molecule has 1 amide bonds. The van der Waals surface area contributed by atoms with Crippen LogP contribution < -0.4 is 5.32 Å². The summed E-state index contributed by atoms with van der Waals surface area (Å²) >= 11 is 0. The summed E-state index contributed by atoms with van der Waals surface area (Å²) < 4.78 is 0. The molecule has 0 radical (unpaired) electrons. The molecule has 4 heteroatoms. The Morgan fingerprint density at radius 1 is 1.00 bits per heavy atom. The van der Waals surface area contributed by atoms with Crippen LogP contribution in [0.3, 0.4) is 0 Å². The number of rotatable bonds is 2. The quantitative estimate of drug-likeness (QED) is 0.801. The van der Waals surface area contributed by atoms with Gasteiger partial charge in [0.15, 0.2) is 0 Å². The Hall–Kier alpha value is -2.23. The first-order valence-electron chi connectivity index (χ1n) is 4.50. The van der Waals surface area contributed by atoms with Crippen LogP contribution in [-0.2, 0) is 0 Å². The highest BCUT2D eigenvalue weighted by atomic mass is 16.2. The van der Waals surface area contributed by atoms with Gasteiger partial charge in [-0.25, -0.2) is 9.97 Å². The first kappa shape index (κ1) is 9.33. The minimum Gasteiger partial charge on any atom is -0.319 e. The molecule has 1 aromatic heterocycles. The van der Waals surface area contributed by atoms with Crippen LogP contribution in [-0.4, -0.2) is 15.9 Å². The highest BCUT2D eigenvalue weighted by Gasteiger charge is 2.07. The number of carbonyl (C=O) groups excluding carboxylic acids is 1. The van der Waals surface area contributed by atoms with E-state index in [2.05, 4.69) is 15.3 Å². The van der Waals surface area contributed by atoms with Gasteiger partial charge in [0.1, 0.15) is 0 Å². The van der Waals surface area contributed by atoms with Crippen LogP contribution in [0.4, 0.5) is 5.69 Å². The molecule has 1 heterocycles. The lowest BCUT2D eigenvalue weighted by molar-refractivity contribution is 0.101. The van der Waals surface area contributed by atoms with Crippen molar-refractivity contribution in [3.63, 3.8) is 0 Å². The van der Waals surface area contributed by atoms with E-state index in [1.165, 1.54) is 12.4 Å². The average Bonchev–Trinajstić information content (AvgIpc) is 2.31. The maximum Gasteiger partial charge on any atom is 0.293 e. The molecule has 74 valence electrons. The monoisotopic (exact) mass is 199 g/mol. The van der Waals surface area contributed by atoms with Crippen molar-refractivity contribution >= 4 is 11.6 Å². The van der Waals surface area contributed by atoms with Crippen molar-refractivity contribution in [3.8, 4) is 0 Å². The maximum absolute atomic E-state index is 11.6. The van der Waals surface area contributed by atoms with Gasteiger partial charge >= 0.3 is 0 Å². The van der Waals surface area contributed by atoms with Gasteiger partial charge in [-0.3, -0.25) is 4.79 Å². The molecular formula is C11H9N3O. The molecule has 0 aliphatic carbocycles. The first-order valence-corrected chi connectivity index (χ1v) is 4.50. The van der Waals surface area contributed by atoms with Crippen LogP contribution in [0.25, 0.3) is 0 Å². The van der Waals surface area contributed by atoms with Crippen molar-refractivity contribution in [2.45, 2.75) is 0 Å². The molecule has 1 N–H and O–H groups in total. The molecule has 4 nitrogen and oxygen atoms in total. The van der Waals surface area contributed by atoms with Crippen LogP contribution in [0.5, 0.6) is 0 Å². The average molecular weight is 199 g/mol. The van der Waals surface area contributed by atoms with Gasteiger partial charge in [0.2, 0.25) is 5.82 Å². The van der Waals surface area contributed by atoms with E-state index in [4.69, 9.17) is 0 Å². The number of hydrogen-bond donors (Lipinski definition) is 1. The van der Waals surface area contributed by atoms with Gasteiger partial charge in [0.05, 0.1) is 0 Å². The fraction of sp³-hybridized carbons (Fsp3) is 0. The molecule has 0 aliphatic heterocycles. The zero-order valence-corrected chi connectivity index (χ0v) is 7.92. The van der Waals surface area contributed by atoms with Crippen molar-refractivity contribution in [3.05, 3.63) is 54.6 Å². The highest BCUT2D eigenvalue weighted by Crippen LogP contribution is 2.05. The second kappa shape index (κ2) is 4.32. The number of nitrogens with zero attached hydrogens (tertiary/aromatic N) is 2. The summed E-state index contributed by atoms with van der Waals surface area (Å²) in [7, 11) is 0. The predicted octanol–water partition coefficient (Wildman–Crippen LogP) is 1.73. The molecule has 0 saturated heterocycles. The first-order chi connectivity index (χ1) is 7.36. The zero-order chi connectivity index (χ0) is 10.5. The SMILES string of the molecule is O=C(Nc1ccccc1)c1ncccn1. The van der Waals surface area contributed by atoms with Gasteiger partial charge in [-0.2, -0.15) is 0 Å². The van der Waals surface area contributed by atoms with E-state index < -0.39 is 0 Å². The second-order valence-corrected chi connectivity index (χ2v) is 2.89. The van der Waals surface area contributed by atoms with E-state index in [1.807, 2.05) is 18.2 Å². The second-order valence-electron chi connectivity index (χ2n) is 2.89. The van der Waals surface area contributed by atoms with Crippen LogP contribution in [0, 0.1) is 0 Å². The lowest BCUT2D eigenvalue weighted by Crippen LogP contribution is -2.14. The summed E-state index contributed by atoms with van der Waals surface area (Å²) in [6, 6.07) is 10.9. The Morgan fingerprint density at radius 3 is 2.33 bits per heavy atom. The number of hydrogen-bond acceptors (Lipinski definition) is 3. The maximum atomic E-state index is 11.6. The Labute approximate surface area is 87.0 Å². The third-order valence-electron chi connectivity index (χ3n) is 1.80. The van der Waals surface area contributed by atoms with E-state index in [1.54, 1.807) is 18.2 Å². The van der Waals surface area contributed by atoms with Crippen molar-refractivity contribution in [2.75, 3.05) is 5.32 Å². The third-order valence-corrected chi connectivity index (χ3v) is 1.80. The number of para-hydroxylation sites is 1. The number of anilines is 1. The van der Waals surface area contributed by atoms with Gasteiger partial charge in [0, 0.05) is 18.1 Å². The topological polar surface area (TPSA) is 54.9 Å². The van der Waals surface area contributed by atoms with Crippen molar-refractivity contribution in [1.29, 1.82) is 0 Å². The molecular weight excluding hydrogens is 190 g/mol. The normalized spacial score (nSPS) is 9.60. The van der Waals surface area contributed by atoms with Crippen LogP contribution in [0.15, 0.2) is 48.8 Å². The lowest BCUT2D eigenvalue weighted by Gasteiger charge is -2.02. The van der Waals surface area contributed by atoms with Gasteiger partial charge < -0.3 is 5.32 Å². The molecule has 2 rings (SSSR count). The third kappa shape index (κ3) is 2.37. The van der Waals surface area contributed by atoms with Gasteiger partial charge in [-0.15, -0.1) is 0 Å². The van der Waals surface area contributed by atoms with Crippen LogP contribution in [0.2, 0.25) is 0 Å². The number of amides is 1. The van der Waals surface area contributed by atoms with Crippen molar-refractivity contribution in [1.82, 2.24) is 9.97 Å². The fourth-order valence-corrected chi connectivity index (χ4v) is 1.12. The minimum atomic E-state index is -0.304. The molecule has 0 bridgehead atoms. The molecule has 0 atom stereocenters. The Bertz CT molecular complexity index is 442. The van der Waals surface area contributed by atoms with E-state index in [0.717, 1.165) is 5.69 Å². The molecule has 0 aliphatic rings. The van der Waals surface area contributed by atoms with Gasteiger partial charge in [0.25, 0.3) is 5.91 Å². The van der Waals surface area contributed by atoms with Crippen LogP contribution in [0.1, 0.15) is 10.6 Å². The number of benzene rings is 1. The summed E-state index contributed by atoms with van der Waals surface area (Å²) in [5, 5.41) is 2.69. The van der Waals surface area contributed by atoms with Crippen molar-refractivity contribution in [2.24, 2.45) is 0 Å². The molecule has 0 fully saturated rings. The fourth-order valence-electron chi connectivity index (χ4n) is 1.12. The number of aromatic nitrogens is 2. The van der Waals surface area contributed by atoms with E-state index in [-0.39, 0.29) is 11.7 Å². The number of nitrogens with one attached hydrogen (secondary N) is 1. The standard InChI is InChI=1S/C11H9N3O/c15-11(10-12-7-4-8-13-10)14-9-5-2-1-3-6-9/h1-8H,(H,14,15). The zero-order valence-electron chi connectivity index (χ0n) is 7.92. The van der Waals surface area contributed by atoms with Crippen LogP contribution >= 0.6 is 0 Å². The van der Waals surface area contributed by atoms with Gasteiger partial charge in [-0.1, -0.05) is 18.2 Å². The Morgan fingerprint density at radius 2 is 1.67 bits per heavy atom. The summed E-state index contributed by atoms with van der Waals surface area (Å²) in [5.41, 5.74) is 0.731. The summed E-state index contributed by atoms with van der Waals surface area (Å²) in [6.07, 6.45) is 3.07. The molecule has 0 unspecified atom stereocenters. The number of carbonyl (C=O) groups is 1. The Balaban J connectivity index is 2.12. The molecule has 0 spiro atoms. The minimum absolute atomic E-state index is 0.168. The lowest BCUT2D eigenvalue weighted by atomic mass is 10.3.